The first-order valence-electron chi connectivity index (χ1n) is 13.9. The summed E-state index contributed by atoms with van der Waals surface area (Å²) in [7, 11) is 1.63. The number of nitrogens with zero attached hydrogens (tertiary/aromatic N) is 1. The SMILES string of the molecule is C[C@@H]1C(=O)N[C@H](CC2=CC=C(C(=N)N)CC2)C(=O)NC/C=C/c2ccccc2OCCN[C@@H](C2CC2)C(=O)N1C. The standard InChI is InChI=1S/C30H40N6O4/c1-19-28(37)35-24(18-20-9-11-23(12-10-20)27(31)32)29(38)34-15-5-7-21-6-3-4-8-25(21)40-17-16-33-26(22-13-14-22)30(39)36(19)2/h3-9,11,19,22,24,26,33H,10,12-18H2,1-2H3,(H3,31,32)(H,34,38)(H,35,37)/b7-5+/t19-,24-,26+/m1/s1. The minimum Gasteiger partial charge on any atom is -0.492 e. The van der Waals surface area contributed by atoms with Crippen LogP contribution in [0.4, 0.5) is 0 Å². The fourth-order valence-electron chi connectivity index (χ4n) is 4.90. The molecule has 214 valence electrons. The van der Waals surface area contributed by atoms with Crippen LogP contribution < -0.4 is 26.4 Å². The summed E-state index contributed by atoms with van der Waals surface area (Å²) in [6.45, 7) is 2.82. The molecule has 0 radical (unpaired) electrons. The minimum absolute atomic E-state index is 0.0387. The molecule has 1 aromatic carbocycles. The largest absolute Gasteiger partial charge is 0.492 e. The highest BCUT2D eigenvalue weighted by Crippen LogP contribution is 2.33. The van der Waals surface area contributed by atoms with E-state index in [9.17, 15) is 14.4 Å². The molecule has 1 fully saturated rings. The van der Waals surface area contributed by atoms with Gasteiger partial charge in [-0.3, -0.25) is 19.8 Å². The van der Waals surface area contributed by atoms with Gasteiger partial charge in [0, 0.05) is 25.7 Å². The van der Waals surface area contributed by atoms with E-state index in [0.717, 1.165) is 35.3 Å². The molecule has 1 saturated carbocycles. The first kappa shape index (κ1) is 29.1. The van der Waals surface area contributed by atoms with Crippen LogP contribution in [0.5, 0.6) is 5.75 Å². The summed E-state index contributed by atoms with van der Waals surface area (Å²) in [5.74, 6) is 0.140. The molecule has 1 aromatic rings. The van der Waals surface area contributed by atoms with E-state index < -0.39 is 24.0 Å². The van der Waals surface area contributed by atoms with Crippen molar-refractivity contribution in [3.63, 3.8) is 0 Å². The van der Waals surface area contributed by atoms with Gasteiger partial charge in [0.1, 0.15) is 30.3 Å². The number of rotatable bonds is 4. The lowest BCUT2D eigenvalue weighted by Gasteiger charge is -2.30. The van der Waals surface area contributed by atoms with Crippen LogP contribution in [-0.2, 0) is 14.4 Å². The number of likely N-dealkylation sites (N-methyl/N-ethyl adjacent to an activating group) is 1. The third-order valence-electron chi connectivity index (χ3n) is 7.68. The van der Waals surface area contributed by atoms with E-state index in [1.807, 2.05) is 42.5 Å². The van der Waals surface area contributed by atoms with Crippen LogP contribution in [0.15, 0.2) is 53.6 Å². The number of hydrogen-bond acceptors (Lipinski definition) is 6. The number of nitrogens with two attached hydrogens (primary N) is 1. The van der Waals surface area contributed by atoms with Gasteiger partial charge in [0.05, 0.1) is 6.04 Å². The van der Waals surface area contributed by atoms with Gasteiger partial charge >= 0.3 is 0 Å². The van der Waals surface area contributed by atoms with Crippen molar-refractivity contribution in [3.8, 4) is 5.75 Å². The van der Waals surface area contributed by atoms with Gasteiger partial charge in [0.25, 0.3) is 0 Å². The Kier molecular flexibility index (Phi) is 9.76. The predicted octanol–water partition coefficient (Wildman–Crippen LogP) is 1.88. The number of allylic oxidation sites excluding steroid dienone is 2. The van der Waals surface area contributed by atoms with Gasteiger partial charge in [-0.25, -0.2) is 0 Å². The number of fused-ring (bicyclic) bond motifs is 1. The number of amides is 3. The molecule has 0 aromatic heterocycles. The van der Waals surface area contributed by atoms with E-state index in [1.165, 1.54) is 4.90 Å². The van der Waals surface area contributed by atoms with Crippen LogP contribution in [0.2, 0.25) is 0 Å². The first-order valence-corrected chi connectivity index (χ1v) is 13.9. The Bertz CT molecular complexity index is 1220. The normalized spacial score (nSPS) is 26.1. The Labute approximate surface area is 235 Å². The van der Waals surface area contributed by atoms with Gasteiger partial charge in [-0.05, 0) is 56.6 Å². The fraction of sp³-hybridized carbons (Fsp3) is 0.467. The molecule has 40 heavy (non-hydrogen) atoms. The van der Waals surface area contributed by atoms with Crippen molar-refractivity contribution in [2.45, 2.75) is 57.2 Å². The van der Waals surface area contributed by atoms with E-state index >= 15 is 0 Å². The molecule has 4 rings (SSSR count). The summed E-state index contributed by atoms with van der Waals surface area (Å²) in [5, 5.41) is 16.8. The third kappa shape index (κ3) is 7.59. The predicted molar refractivity (Wildman–Crippen MR) is 155 cm³/mol. The van der Waals surface area contributed by atoms with Crippen molar-refractivity contribution in [1.29, 1.82) is 5.41 Å². The number of nitrogens with one attached hydrogen (secondary N) is 4. The smallest absolute Gasteiger partial charge is 0.243 e. The Morgan fingerprint density at radius 2 is 1.90 bits per heavy atom. The molecule has 2 aliphatic carbocycles. The molecule has 10 heteroatoms. The number of benzene rings is 1. The Morgan fingerprint density at radius 1 is 1.12 bits per heavy atom. The lowest BCUT2D eigenvalue weighted by molar-refractivity contribution is -0.141. The maximum Gasteiger partial charge on any atom is 0.243 e. The number of para-hydroxylation sites is 1. The molecular formula is C30H40N6O4. The summed E-state index contributed by atoms with van der Waals surface area (Å²) in [6, 6.07) is 5.67. The number of hydrogen-bond donors (Lipinski definition) is 5. The lowest BCUT2D eigenvalue weighted by Crippen LogP contribution is -2.56. The second-order valence-corrected chi connectivity index (χ2v) is 10.6. The zero-order valence-electron chi connectivity index (χ0n) is 23.2. The number of carbonyl (C=O) groups excluding carboxylic acids is 3. The molecule has 1 aliphatic heterocycles. The van der Waals surface area contributed by atoms with Crippen molar-refractivity contribution >= 4 is 29.6 Å². The zero-order chi connectivity index (χ0) is 28.6. The summed E-state index contributed by atoms with van der Waals surface area (Å²) < 4.78 is 6.00. The summed E-state index contributed by atoms with van der Waals surface area (Å²) in [4.78, 5) is 41.5. The van der Waals surface area contributed by atoms with Crippen LogP contribution in [0.1, 0.15) is 44.6 Å². The van der Waals surface area contributed by atoms with Gasteiger partial charge in [0.2, 0.25) is 17.7 Å². The minimum atomic E-state index is -0.822. The van der Waals surface area contributed by atoms with E-state index in [0.29, 0.717) is 32.4 Å². The van der Waals surface area contributed by atoms with Crippen molar-refractivity contribution in [2.75, 3.05) is 26.7 Å². The van der Waals surface area contributed by atoms with Crippen molar-refractivity contribution in [3.05, 3.63) is 59.2 Å². The van der Waals surface area contributed by atoms with Crippen LogP contribution in [0.25, 0.3) is 6.08 Å². The Hall–Kier alpha value is -3.92. The number of carbonyl (C=O) groups is 3. The summed E-state index contributed by atoms with van der Waals surface area (Å²) >= 11 is 0. The maximum atomic E-state index is 13.4. The van der Waals surface area contributed by atoms with E-state index in [2.05, 4.69) is 16.0 Å². The Morgan fingerprint density at radius 3 is 2.60 bits per heavy atom. The highest BCUT2D eigenvalue weighted by atomic mass is 16.5. The molecule has 3 atom stereocenters. The average Bonchev–Trinajstić information content (AvgIpc) is 3.79. The highest BCUT2D eigenvalue weighted by Gasteiger charge is 2.39. The Balaban J connectivity index is 1.56. The van der Waals surface area contributed by atoms with Crippen molar-refractivity contribution < 1.29 is 19.1 Å². The zero-order valence-corrected chi connectivity index (χ0v) is 23.2. The number of amidine groups is 1. The highest BCUT2D eigenvalue weighted by molar-refractivity contribution is 5.95. The van der Waals surface area contributed by atoms with Gasteiger partial charge in [-0.1, -0.05) is 48.1 Å². The van der Waals surface area contributed by atoms with E-state index in [-0.39, 0.29) is 30.1 Å². The van der Waals surface area contributed by atoms with Crippen LogP contribution in [0.3, 0.4) is 0 Å². The van der Waals surface area contributed by atoms with Gasteiger partial charge in [-0.15, -0.1) is 0 Å². The van der Waals surface area contributed by atoms with E-state index in [4.69, 9.17) is 15.9 Å². The van der Waals surface area contributed by atoms with Crippen LogP contribution in [-0.4, -0.2) is 73.3 Å². The van der Waals surface area contributed by atoms with E-state index in [1.54, 1.807) is 20.0 Å². The second-order valence-electron chi connectivity index (χ2n) is 10.6. The molecule has 0 bridgehead atoms. The van der Waals surface area contributed by atoms with Crippen LogP contribution in [0, 0.1) is 11.3 Å². The average molecular weight is 549 g/mol. The second kappa shape index (κ2) is 13.4. The van der Waals surface area contributed by atoms with Crippen molar-refractivity contribution in [2.24, 2.45) is 11.7 Å². The third-order valence-corrected chi connectivity index (χ3v) is 7.68. The summed E-state index contributed by atoms with van der Waals surface area (Å²) in [6.07, 6.45) is 10.9. The lowest BCUT2D eigenvalue weighted by atomic mass is 9.93. The fourth-order valence-corrected chi connectivity index (χ4v) is 4.90. The molecule has 0 spiro atoms. The molecule has 3 amide bonds. The first-order chi connectivity index (χ1) is 19.2. The molecule has 1 heterocycles. The van der Waals surface area contributed by atoms with Gasteiger partial charge < -0.3 is 31.3 Å². The molecule has 10 nitrogen and oxygen atoms in total. The quantitative estimate of drug-likeness (QED) is 0.287. The molecule has 0 saturated heterocycles. The van der Waals surface area contributed by atoms with Crippen molar-refractivity contribution in [1.82, 2.24) is 20.9 Å². The topological polar surface area (TPSA) is 150 Å². The molecule has 0 unspecified atom stereocenters. The monoisotopic (exact) mass is 548 g/mol. The molecule has 6 N–H and O–H groups in total. The van der Waals surface area contributed by atoms with Gasteiger partial charge in [-0.2, -0.15) is 0 Å². The maximum absolute atomic E-state index is 13.4. The van der Waals surface area contributed by atoms with Crippen LogP contribution >= 0.6 is 0 Å². The van der Waals surface area contributed by atoms with Gasteiger partial charge in [0.15, 0.2) is 0 Å². The number of ether oxygens (including phenoxy) is 1. The summed E-state index contributed by atoms with van der Waals surface area (Å²) in [5.41, 5.74) is 8.22. The molecule has 3 aliphatic rings. The molecular weight excluding hydrogens is 508 g/mol.